The Hall–Kier alpha value is -2.02. The lowest BCUT2D eigenvalue weighted by atomic mass is 10.1. The maximum Gasteiger partial charge on any atom is 0.128 e. The SMILES string of the molecule is COc1c(C)cccc1/C=C/c1ccccc1. The van der Waals surface area contributed by atoms with Gasteiger partial charge < -0.3 is 4.74 Å². The summed E-state index contributed by atoms with van der Waals surface area (Å²) in [5.41, 5.74) is 3.45. The first-order valence-corrected chi connectivity index (χ1v) is 5.68. The van der Waals surface area contributed by atoms with Crippen LogP contribution in [0.4, 0.5) is 0 Å². The smallest absolute Gasteiger partial charge is 0.128 e. The van der Waals surface area contributed by atoms with Crippen LogP contribution >= 0.6 is 0 Å². The molecule has 2 aromatic rings. The van der Waals surface area contributed by atoms with Crippen LogP contribution in [0.2, 0.25) is 0 Å². The number of para-hydroxylation sites is 1. The van der Waals surface area contributed by atoms with Crippen LogP contribution in [0.5, 0.6) is 5.75 Å². The van der Waals surface area contributed by atoms with E-state index in [1.165, 1.54) is 5.56 Å². The standard InChI is InChI=1S/C16H16O/c1-13-7-6-10-15(16(13)17-2)12-11-14-8-4-3-5-9-14/h3-12H,1-2H3/b12-11+. The molecule has 1 nitrogen and oxygen atoms in total. The van der Waals surface area contributed by atoms with Gasteiger partial charge in [0.2, 0.25) is 0 Å². The number of methoxy groups -OCH3 is 1. The van der Waals surface area contributed by atoms with Gasteiger partial charge in [0.25, 0.3) is 0 Å². The molecule has 0 spiro atoms. The lowest BCUT2D eigenvalue weighted by molar-refractivity contribution is 0.411. The molecule has 0 atom stereocenters. The van der Waals surface area contributed by atoms with Crippen molar-refractivity contribution < 1.29 is 4.74 Å². The van der Waals surface area contributed by atoms with Crippen molar-refractivity contribution >= 4 is 12.2 Å². The molecule has 0 aliphatic carbocycles. The van der Waals surface area contributed by atoms with Gasteiger partial charge >= 0.3 is 0 Å². The number of hydrogen-bond donors (Lipinski definition) is 0. The lowest BCUT2D eigenvalue weighted by Crippen LogP contribution is -1.89. The largest absolute Gasteiger partial charge is 0.496 e. The van der Waals surface area contributed by atoms with Gasteiger partial charge in [0, 0.05) is 5.56 Å². The monoisotopic (exact) mass is 224 g/mol. The molecule has 0 aliphatic heterocycles. The Balaban J connectivity index is 2.30. The number of rotatable bonds is 3. The number of aryl methyl sites for hydroxylation is 1. The van der Waals surface area contributed by atoms with Gasteiger partial charge in [0.05, 0.1) is 7.11 Å². The van der Waals surface area contributed by atoms with E-state index in [4.69, 9.17) is 4.74 Å². The van der Waals surface area contributed by atoms with E-state index in [0.717, 1.165) is 16.9 Å². The van der Waals surface area contributed by atoms with E-state index in [-0.39, 0.29) is 0 Å². The molecule has 86 valence electrons. The van der Waals surface area contributed by atoms with Gasteiger partial charge in [-0.25, -0.2) is 0 Å². The van der Waals surface area contributed by atoms with Crippen molar-refractivity contribution in [2.24, 2.45) is 0 Å². The summed E-state index contributed by atoms with van der Waals surface area (Å²) < 4.78 is 5.41. The second-order valence-corrected chi connectivity index (χ2v) is 3.94. The van der Waals surface area contributed by atoms with Gasteiger partial charge in [-0.15, -0.1) is 0 Å². The fourth-order valence-electron chi connectivity index (χ4n) is 1.84. The maximum atomic E-state index is 5.41. The summed E-state index contributed by atoms with van der Waals surface area (Å²) in [6.45, 7) is 2.05. The molecule has 0 aromatic heterocycles. The van der Waals surface area contributed by atoms with Crippen LogP contribution < -0.4 is 4.74 Å². The highest BCUT2D eigenvalue weighted by Crippen LogP contribution is 2.24. The first-order chi connectivity index (χ1) is 8.31. The fraction of sp³-hybridized carbons (Fsp3) is 0.125. The average Bonchev–Trinajstić information content (AvgIpc) is 2.37. The molecule has 2 rings (SSSR count). The molecule has 0 saturated carbocycles. The van der Waals surface area contributed by atoms with Gasteiger partial charge in [-0.1, -0.05) is 60.7 Å². The minimum absolute atomic E-state index is 0.944. The van der Waals surface area contributed by atoms with Crippen molar-refractivity contribution in [1.82, 2.24) is 0 Å². The third-order valence-corrected chi connectivity index (χ3v) is 2.70. The minimum Gasteiger partial charge on any atom is -0.496 e. The molecule has 0 unspecified atom stereocenters. The Morgan fingerprint density at radius 2 is 1.65 bits per heavy atom. The zero-order valence-electron chi connectivity index (χ0n) is 10.2. The van der Waals surface area contributed by atoms with Crippen LogP contribution in [0.25, 0.3) is 12.2 Å². The summed E-state index contributed by atoms with van der Waals surface area (Å²) in [5, 5.41) is 0. The molecule has 17 heavy (non-hydrogen) atoms. The quantitative estimate of drug-likeness (QED) is 0.711. The van der Waals surface area contributed by atoms with Gasteiger partial charge in [-0.2, -0.15) is 0 Å². The van der Waals surface area contributed by atoms with E-state index in [0.29, 0.717) is 0 Å². The summed E-state index contributed by atoms with van der Waals surface area (Å²) in [4.78, 5) is 0. The van der Waals surface area contributed by atoms with Crippen LogP contribution in [0, 0.1) is 6.92 Å². The predicted octanol–water partition coefficient (Wildman–Crippen LogP) is 4.17. The van der Waals surface area contributed by atoms with E-state index in [1.807, 2.05) is 24.3 Å². The Morgan fingerprint density at radius 3 is 2.35 bits per heavy atom. The van der Waals surface area contributed by atoms with Crippen molar-refractivity contribution in [3.05, 3.63) is 65.2 Å². The van der Waals surface area contributed by atoms with E-state index < -0.39 is 0 Å². The molecule has 0 fully saturated rings. The van der Waals surface area contributed by atoms with Crippen molar-refractivity contribution in [2.75, 3.05) is 7.11 Å². The van der Waals surface area contributed by atoms with E-state index >= 15 is 0 Å². The summed E-state index contributed by atoms with van der Waals surface area (Å²) in [6.07, 6.45) is 4.18. The van der Waals surface area contributed by atoms with Gasteiger partial charge in [0.15, 0.2) is 0 Å². The highest BCUT2D eigenvalue weighted by atomic mass is 16.5. The zero-order valence-corrected chi connectivity index (χ0v) is 10.2. The predicted molar refractivity (Wildman–Crippen MR) is 73.1 cm³/mol. The molecular weight excluding hydrogens is 208 g/mol. The highest BCUT2D eigenvalue weighted by Gasteiger charge is 2.01. The van der Waals surface area contributed by atoms with Crippen molar-refractivity contribution in [3.8, 4) is 5.75 Å². The van der Waals surface area contributed by atoms with E-state index in [2.05, 4.69) is 43.3 Å². The summed E-state index contributed by atoms with van der Waals surface area (Å²) >= 11 is 0. The van der Waals surface area contributed by atoms with Crippen LogP contribution in [0.1, 0.15) is 16.7 Å². The minimum atomic E-state index is 0.944. The van der Waals surface area contributed by atoms with Crippen LogP contribution in [-0.2, 0) is 0 Å². The topological polar surface area (TPSA) is 9.23 Å². The molecule has 0 bridgehead atoms. The third-order valence-electron chi connectivity index (χ3n) is 2.70. The molecule has 2 aromatic carbocycles. The number of hydrogen-bond acceptors (Lipinski definition) is 1. The zero-order chi connectivity index (χ0) is 12.1. The molecule has 0 saturated heterocycles. The Kier molecular flexibility index (Phi) is 3.61. The first kappa shape index (κ1) is 11.5. The van der Waals surface area contributed by atoms with E-state index in [1.54, 1.807) is 7.11 Å². The van der Waals surface area contributed by atoms with Crippen LogP contribution in [-0.4, -0.2) is 7.11 Å². The number of benzene rings is 2. The van der Waals surface area contributed by atoms with Crippen molar-refractivity contribution in [2.45, 2.75) is 6.92 Å². The van der Waals surface area contributed by atoms with Crippen LogP contribution in [0.15, 0.2) is 48.5 Å². The Morgan fingerprint density at radius 1 is 0.882 bits per heavy atom. The molecular formula is C16H16O. The summed E-state index contributed by atoms with van der Waals surface area (Å²) in [5.74, 6) is 0.944. The summed E-state index contributed by atoms with van der Waals surface area (Å²) in [6, 6.07) is 16.4. The first-order valence-electron chi connectivity index (χ1n) is 5.68. The fourth-order valence-corrected chi connectivity index (χ4v) is 1.84. The average molecular weight is 224 g/mol. The second kappa shape index (κ2) is 5.35. The van der Waals surface area contributed by atoms with Gasteiger partial charge in [0.1, 0.15) is 5.75 Å². The van der Waals surface area contributed by atoms with Gasteiger partial charge in [-0.3, -0.25) is 0 Å². The third kappa shape index (κ3) is 2.76. The van der Waals surface area contributed by atoms with Crippen molar-refractivity contribution in [3.63, 3.8) is 0 Å². The second-order valence-electron chi connectivity index (χ2n) is 3.94. The molecule has 0 radical (unpaired) electrons. The summed E-state index contributed by atoms with van der Waals surface area (Å²) in [7, 11) is 1.71. The molecule has 0 aliphatic rings. The normalized spacial score (nSPS) is 10.7. The molecule has 1 heteroatoms. The van der Waals surface area contributed by atoms with Gasteiger partial charge in [-0.05, 0) is 18.1 Å². The lowest BCUT2D eigenvalue weighted by Gasteiger charge is -2.07. The molecule has 0 heterocycles. The Bertz CT molecular complexity index is 512. The Labute approximate surface area is 102 Å². The highest BCUT2D eigenvalue weighted by molar-refractivity contribution is 5.73. The number of ether oxygens (including phenoxy) is 1. The molecule has 0 amide bonds. The molecule has 0 N–H and O–H groups in total. The van der Waals surface area contributed by atoms with Crippen LogP contribution in [0.3, 0.4) is 0 Å². The van der Waals surface area contributed by atoms with E-state index in [9.17, 15) is 0 Å². The van der Waals surface area contributed by atoms with Crippen molar-refractivity contribution in [1.29, 1.82) is 0 Å². The maximum absolute atomic E-state index is 5.41.